The fourth-order valence-electron chi connectivity index (χ4n) is 4.96. The molecule has 1 heterocycles. The smallest absolute Gasteiger partial charge is 0.346 e. The van der Waals surface area contributed by atoms with Gasteiger partial charge in [-0.05, 0) is 57.7 Å². The van der Waals surface area contributed by atoms with E-state index in [1.165, 1.54) is 32.2 Å². The third kappa shape index (κ3) is 14.7. The summed E-state index contributed by atoms with van der Waals surface area (Å²) in [7, 11) is 1.20. The number of benzene rings is 1. The van der Waals surface area contributed by atoms with Crippen LogP contribution in [0.25, 0.3) is 0 Å². The lowest BCUT2D eigenvalue weighted by Gasteiger charge is -2.32. The first-order valence-electron chi connectivity index (χ1n) is 16.9. The molecule has 17 heteroatoms. The minimum atomic E-state index is -1.21. The minimum absolute atomic E-state index is 0.000855. The molecule has 0 saturated heterocycles. The Kier molecular flexibility index (Phi) is 18.2. The molecule has 1 aromatic rings. The van der Waals surface area contributed by atoms with Crippen molar-refractivity contribution in [2.24, 2.45) is 16.7 Å². The van der Waals surface area contributed by atoms with E-state index in [0.717, 1.165) is 0 Å². The van der Waals surface area contributed by atoms with Crippen molar-refractivity contribution in [3.8, 4) is 0 Å². The number of rotatable bonds is 25. The summed E-state index contributed by atoms with van der Waals surface area (Å²) in [6, 6.07) is 4.50. The van der Waals surface area contributed by atoms with Gasteiger partial charge in [-0.1, -0.05) is 19.1 Å². The van der Waals surface area contributed by atoms with Crippen molar-refractivity contribution in [2.45, 2.75) is 79.6 Å². The Morgan fingerprint density at radius 2 is 1.47 bits per heavy atom. The highest BCUT2D eigenvalue weighted by atomic mass is 17.2. The number of methoxy groups -OCH3 is 1. The van der Waals surface area contributed by atoms with Gasteiger partial charge in [0.15, 0.2) is 0 Å². The second-order valence-corrected chi connectivity index (χ2v) is 12.8. The SMILES string of the molecule is C=CCOOC(C)OC(=O)CCC(=O)OCCOC(=O)C(C)(C)CC(CC(C)(CC)C(=O)OCCOOCc1ccc2c(c1)C(=O)OC2=O)C(=O)OC. The Morgan fingerprint density at radius 1 is 0.830 bits per heavy atom. The van der Waals surface area contributed by atoms with Crippen molar-refractivity contribution in [1.82, 2.24) is 0 Å². The number of esters is 7. The Bertz CT molecular complexity index is 1470. The van der Waals surface area contributed by atoms with Crippen molar-refractivity contribution < 1.29 is 81.5 Å². The third-order valence-electron chi connectivity index (χ3n) is 8.03. The Morgan fingerprint density at radius 3 is 2.15 bits per heavy atom. The van der Waals surface area contributed by atoms with E-state index in [9.17, 15) is 33.6 Å². The van der Waals surface area contributed by atoms with Crippen LogP contribution in [0.3, 0.4) is 0 Å². The van der Waals surface area contributed by atoms with E-state index in [1.807, 2.05) is 0 Å². The van der Waals surface area contributed by atoms with Gasteiger partial charge in [0.25, 0.3) is 0 Å². The Balaban J connectivity index is 1.77. The standard InChI is InChI=1S/C36H48O17/c1-8-14-49-53-23(3)51-29(38)13-12-28(37)45-15-16-46-33(42)35(4,5)20-25(30(39)44-7)21-36(6,9-2)34(43)47-17-18-48-50-22-24-10-11-26-27(19-24)32(41)52-31(26)40/h8,10-11,19,23,25H,1,9,12-18,20-22H2,2-7H3. The van der Waals surface area contributed by atoms with Crippen LogP contribution in [0.15, 0.2) is 30.9 Å². The number of fused-ring (bicyclic) bond motifs is 1. The maximum atomic E-state index is 13.2. The summed E-state index contributed by atoms with van der Waals surface area (Å²) < 4.78 is 30.2. The highest BCUT2D eigenvalue weighted by Gasteiger charge is 2.42. The van der Waals surface area contributed by atoms with Gasteiger partial charge in [0.05, 0.1) is 47.8 Å². The van der Waals surface area contributed by atoms with E-state index in [1.54, 1.807) is 33.8 Å². The monoisotopic (exact) mass is 752 g/mol. The van der Waals surface area contributed by atoms with Crippen LogP contribution >= 0.6 is 0 Å². The molecule has 0 saturated carbocycles. The second-order valence-electron chi connectivity index (χ2n) is 12.8. The van der Waals surface area contributed by atoms with E-state index in [0.29, 0.717) is 12.0 Å². The van der Waals surface area contributed by atoms with Gasteiger partial charge < -0.3 is 28.4 Å². The predicted molar refractivity (Wildman–Crippen MR) is 179 cm³/mol. The lowest BCUT2D eigenvalue weighted by molar-refractivity contribution is -0.359. The number of carbonyl (C=O) groups excluding carboxylic acids is 7. The van der Waals surface area contributed by atoms with Crippen LogP contribution < -0.4 is 0 Å². The number of ether oxygens (including phenoxy) is 6. The largest absolute Gasteiger partial charge is 0.469 e. The number of carbonyl (C=O) groups is 7. The van der Waals surface area contributed by atoms with Crippen molar-refractivity contribution in [2.75, 3.05) is 40.1 Å². The molecule has 0 fully saturated rings. The van der Waals surface area contributed by atoms with Crippen LogP contribution in [0.1, 0.15) is 93.0 Å². The van der Waals surface area contributed by atoms with Gasteiger partial charge in [-0.3, -0.25) is 24.0 Å². The van der Waals surface area contributed by atoms with E-state index in [2.05, 4.69) is 11.3 Å². The molecule has 3 unspecified atom stereocenters. The molecule has 1 aliphatic heterocycles. The molecule has 294 valence electrons. The van der Waals surface area contributed by atoms with Crippen LogP contribution in [0.5, 0.6) is 0 Å². The summed E-state index contributed by atoms with van der Waals surface area (Å²) >= 11 is 0. The number of cyclic esters (lactones) is 2. The molecule has 17 nitrogen and oxygen atoms in total. The molecule has 0 spiro atoms. The Labute approximate surface area is 307 Å². The molecular formula is C36H48O17. The van der Waals surface area contributed by atoms with Crippen LogP contribution in [-0.2, 0) is 78.6 Å². The molecule has 53 heavy (non-hydrogen) atoms. The van der Waals surface area contributed by atoms with Crippen molar-refractivity contribution in [1.29, 1.82) is 0 Å². The summed E-state index contributed by atoms with van der Waals surface area (Å²) in [6.45, 7) is 10.6. The molecule has 0 aliphatic carbocycles. The average molecular weight is 753 g/mol. The van der Waals surface area contributed by atoms with Crippen LogP contribution in [-0.4, -0.2) is 88.2 Å². The normalized spacial score (nSPS) is 14.5. The quantitative estimate of drug-likeness (QED) is 0.0203. The summed E-state index contributed by atoms with van der Waals surface area (Å²) in [5, 5.41) is 0. The molecule has 2 rings (SSSR count). The number of hydrogen-bond donors (Lipinski definition) is 0. The minimum Gasteiger partial charge on any atom is -0.469 e. The highest BCUT2D eigenvalue weighted by Crippen LogP contribution is 2.38. The maximum absolute atomic E-state index is 13.2. The molecule has 0 aromatic heterocycles. The summed E-state index contributed by atoms with van der Waals surface area (Å²) in [5.74, 6) is -5.67. The predicted octanol–water partition coefficient (Wildman–Crippen LogP) is 3.89. The van der Waals surface area contributed by atoms with Crippen LogP contribution in [0, 0.1) is 16.7 Å². The van der Waals surface area contributed by atoms with Gasteiger partial charge in [-0.15, -0.1) is 6.58 Å². The molecule has 0 amide bonds. The van der Waals surface area contributed by atoms with Gasteiger partial charge in [-0.2, -0.15) is 4.89 Å². The topological polar surface area (TPSA) is 212 Å². The van der Waals surface area contributed by atoms with Crippen LogP contribution in [0.4, 0.5) is 0 Å². The zero-order valence-electron chi connectivity index (χ0n) is 30.9. The van der Waals surface area contributed by atoms with Crippen LogP contribution in [0.2, 0.25) is 0 Å². The molecule has 0 bridgehead atoms. The molecular weight excluding hydrogens is 704 g/mol. The van der Waals surface area contributed by atoms with E-state index in [-0.39, 0.29) is 76.5 Å². The molecule has 1 aromatic carbocycles. The summed E-state index contributed by atoms with van der Waals surface area (Å²) in [5.41, 5.74) is -1.49. The molecule has 1 aliphatic rings. The van der Waals surface area contributed by atoms with Gasteiger partial charge in [0, 0.05) is 6.92 Å². The van der Waals surface area contributed by atoms with E-state index >= 15 is 0 Å². The lowest BCUT2D eigenvalue weighted by atomic mass is 9.73. The Hall–Kier alpha value is -4.71. The van der Waals surface area contributed by atoms with Gasteiger partial charge in [-0.25, -0.2) is 24.3 Å². The first-order chi connectivity index (χ1) is 25.1. The maximum Gasteiger partial charge on any atom is 0.346 e. The molecule has 0 N–H and O–H groups in total. The van der Waals surface area contributed by atoms with E-state index < -0.39 is 64.8 Å². The highest BCUT2D eigenvalue weighted by molar-refractivity contribution is 6.14. The fraction of sp³-hybridized carbons (Fsp3) is 0.583. The fourth-order valence-corrected chi connectivity index (χ4v) is 4.96. The summed E-state index contributed by atoms with van der Waals surface area (Å²) in [4.78, 5) is 106. The zero-order chi connectivity index (χ0) is 39.6. The van der Waals surface area contributed by atoms with Gasteiger partial charge >= 0.3 is 41.8 Å². The van der Waals surface area contributed by atoms with E-state index in [4.69, 9.17) is 43.2 Å². The second kappa shape index (κ2) is 21.7. The lowest BCUT2D eigenvalue weighted by Crippen LogP contribution is -2.38. The van der Waals surface area contributed by atoms with Gasteiger partial charge in [0.2, 0.25) is 6.29 Å². The van der Waals surface area contributed by atoms with Crippen molar-refractivity contribution in [3.05, 3.63) is 47.5 Å². The van der Waals surface area contributed by atoms with Gasteiger partial charge in [0.1, 0.15) is 39.6 Å². The number of hydrogen-bond acceptors (Lipinski definition) is 17. The zero-order valence-corrected chi connectivity index (χ0v) is 30.9. The first kappa shape index (κ1) is 44.5. The summed E-state index contributed by atoms with van der Waals surface area (Å²) in [6.07, 6.45) is 0.164. The molecule has 3 atom stereocenters. The average Bonchev–Trinajstić information content (AvgIpc) is 3.41. The third-order valence-corrected chi connectivity index (χ3v) is 8.03. The molecule has 0 radical (unpaired) electrons. The van der Waals surface area contributed by atoms with Crippen molar-refractivity contribution >= 4 is 41.8 Å². The van der Waals surface area contributed by atoms with Crippen molar-refractivity contribution in [3.63, 3.8) is 0 Å². The first-order valence-corrected chi connectivity index (χ1v) is 16.9.